The van der Waals surface area contributed by atoms with Gasteiger partial charge in [-0.25, -0.2) is 0 Å². The number of carbonyl (C=O) groups is 2. The zero-order chi connectivity index (χ0) is 21.5. The molecule has 0 aliphatic carbocycles. The lowest BCUT2D eigenvalue weighted by atomic mass is 10.1. The van der Waals surface area contributed by atoms with Gasteiger partial charge in [0.05, 0.1) is 31.0 Å². The van der Waals surface area contributed by atoms with Gasteiger partial charge in [-0.05, 0) is 12.0 Å². The summed E-state index contributed by atoms with van der Waals surface area (Å²) < 4.78 is 11.3. The highest BCUT2D eigenvalue weighted by atomic mass is 16.5. The Hall–Kier alpha value is -2.91. The molecule has 0 bridgehead atoms. The SMILES string of the molecule is CC(C)c1[nH]nc(C(N)=O)c1NC(=O)Cc1ccccc1OCCN1CCOCC1. The second-order valence-corrected chi connectivity index (χ2v) is 7.51. The first-order chi connectivity index (χ1) is 14.5. The Kier molecular flexibility index (Phi) is 7.42. The quantitative estimate of drug-likeness (QED) is 0.571. The second-order valence-electron chi connectivity index (χ2n) is 7.51. The third-order valence-electron chi connectivity index (χ3n) is 4.96. The van der Waals surface area contributed by atoms with Crippen molar-refractivity contribution in [3.05, 3.63) is 41.2 Å². The van der Waals surface area contributed by atoms with Crippen LogP contribution >= 0.6 is 0 Å². The van der Waals surface area contributed by atoms with E-state index in [1.165, 1.54) is 0 Å². The second kappa shape index (κ2) is 10.2. The van der Waals surface area contributed by atoms with Crippen molar-refractivity contribution in [1.82, 2.24) is 15.1 Å². The summed E-state index contributed by atoms with van der Waals surface area (Å²) in [4.78, 5) is 26.7. The van der Waals surface area contributed by atoms with Gasteiger partial charge in [-0.15, -0.1) is 0 Å². The van der Waals surface area contributed by atoms with Crippen molar-refractivity contribution in [1.29, 1.82) is 0 Å². The van der Waals surface area contributed by atoms with Gasteiger partial charge in [0.15, 0.2) is 5.69 Å². The molecule has 0 radical (unpaired) electrons. The molecule has 1 aromatic carbocycles. The Morgan fingerprint density at radius 3 is 2.73 bits per heavy atom. The van der Waals surface area contributed by atoms with Gasteiger partial charge in [-0.3, -0.25) is 19.6 Å². The fourth-order valence-corrected chi connectivity index (χ4v) is 3.33. The number of primary amides is 1. The minimum Gasteiger partial charge on any atom is -0.492 e. The molecule has 9 heteroatoms. The van der Waals surface area contributed by atoms with Crippen LogP contribution in [0.15, 0.2) is 24.3 Å². The summed E-state index contributed by atoms with van der Waals surface area (Å²) in [6.45, 7) is 8.50. The fraction of sp³-hybridized carbons (Fsp3) is 0.476. The first-order valence-electron chi connectivity index (χ1n) is 10.1. The zero-order valence-corrected chi connectivity index (χ0v) is 17.4. The van der Waals surface area contributed by atoms with Crippen LogP contribution in [0.5, 0.6) is 5.75 Å². The standard InChI is InChI=1S/C21H29N5O4/c1-14(2)18-19(20(21(22)28)25-24-18)23-17(27)13-15-5-3-4-6-16(15)30-12-9-26-7-10-29-11-8-26/h3-6,14H,7-13H2,1-2H3,(H2,22,28)(H,23,27)(H,24,25). The molecule has 1 aromatic heterocycles. The Balaban J connectivity index is 1.63. The molecule has 1 aliphatic rings. The highest BCUT2D eigenvalue weighted by Gasteiger charge is 2.22. The van der Waals surface area contributed by atoms with E-state index in [0.29, 0.717) is 23.7 Å². The molecule has 2 amide bonds. The number of nitrogens with zero attached hydrogens (tertiary/aromatic N) is 2. The average molecular weight is 415 g/mol. The molecule has 0 atom stereocenters. The Morgan fingerprint density at radius 1 is 1.30 bits per heavy atom. The molecule has 1 fully saturated rings. The summed E-state index contributed by atoms with van der Waals surface area (Å²) >= 11 is 0. The summed E-state index contributed by atoms with van der Waals surface area (Å²) in [7, 11) is 0. The Morgan fingerprint density at radius 2 is 2.03 bits per heavy atom. The minimum atomic E-state index is -0.694. The number of ether oxygens (including phenoxy) is 2. The van der Waals surface area contributed by atoms with Gasteiger partial charge in [0.2, 0.25) is 5.91 Å². The number of rotatable bonds is 9. The maximum atomic E-state index is 12.7. The number of carbonyl (C=O) groups excluding carboxylic acids is 2. The molecular formula is C21H29N5O4. The van der Waals surface area contributed by atoms with E-state index >= 15 is 0 Å². The lowest BCUT2D eigenvalue weighted by Gasteiger charge is -2.26. The summed E-state index contributed by atoms with van der Waals surface area (Å²) in [6.07, 6.45) is 0.106. The first-order valence-corrected chi connectivity index (χ1v) is 10.1. The van der Waals surface area contributed by atoms with Crippen LogP contribution in [-0.2, 0) is 16.0 Å². The van der Waals surface area contributed by atoms with Crippen molar-refractivity contribution in [2.75, 3.05) is 44.8 Å². The number of hydrogen-bond acceptors (Lipinski definition) is 6. The number of aromatic amines is 1. The molecule has 0 spiro atoms. The van der Waals surface area contributed by atoms with Gasteiger partial charge in [0.25, 0.3) is 5.91 Å². The third-order valence-corrected chi connectivity index (χ3v) is 4.96. The van der Waals surface area contributed by atoms with Crippen LogP contribution in [0.3, 0.4) is 0 Å². The van der Waals surface area contributed by atoms with Crippen molar-refractivity contribution in [2.24, 2.45) is 5.73 Å². The molecule has 2 aromatic rings. The van der Waals surface area contributed by atoms with Gasteiger partial charge in [0, 0.05) is 25.2 Å². The topological polar surface area (TPSA) is 123 Å². The number of anilines is 1. The van der Waals surface area contributed by atoms with Crippen LogP contribution in [0, 0.1) is 0 Å². The van der Waals surface area contributed by atoms with Gasteiger partial charge in [-0.1, -0.05) is 32.0 Å². The lowest BCUT2D eigenvalue weighted by molar-refractivity contribution is -0.115. The summed E-state index contributed by atoms with van der Waals surface area (Å²) in [5.74, 6) is -0.255. The van der Waals surface area contributed by atoms with Gasteiger partial charge in [-0.2, -0.15) is 5.10 Å². The van der Waals surface area contributed by atoms with Crippen molar-refractivity contribution in [3.8, 4) is 5.75 Å². The van der Waals surface area contributed by atoms with E-state index in [-0.39, 0.29) is 23.9 Å². The van der Waals surface area contributed by atoms with E-state index in [1.807, 2.05) is 38.1 Å². The molecule has 2 heterocycles. The maximum Gasteiger partial charge on any atom is 0.271 e. The van der Waals surface area contributed by atoms with Gasteiger partial charge >= 0.3 is 0 Å². The number of H-pyrrole nitrogens is 1. The average Bonchev–Trinajstić information content (AvgIpc) is 3.14. The van der Waals surface area contributed by atoms with E-state index in [4.69, 9.17) is 15.2 Å². The summed E-state index contributed by atoms with van der Waals surface area (Å²) in [5.41, 5.74) is 7.19. The lowest BCUT2D eigenvalue weighted by Crippen LogP contribution is -2.38. The summed E-state index contributed by atoms with van der Waals surface area (Å²) in [6, 6.07) is 7.46. The van der Waals surface area contributed by atoms with Crippen molar-refractivity contribution >= 4 is 17.5 Å². The molecule has 4 N–H and O–H groups in total. The molecule has 162 valence electrons. The van der Waals surface area contributed by atoms with Crippen LogP contribution in [-0.4, -0.2) is 66.4 Å². The number of hydrogen-bond donors (Lipinski definition) is 3. The van der Waals surface area contributed by atoms with Crippen LogP contribution in [0.4, 0.5) is 5.69 Å². The minimum absolute atomic E-state index is 0.0297. The number of benzene rings is 1. The van der Waals surface area contributed by atoms with E-state index < -0.39 is 5.91 Å². The molecule has 9 nitrogen and oxygen atoms in total. The number of morpholine rings is 1. The predicted octanol–water partition coefficient (Wildman–Crippen LogP) is 1.52. The van der Waals surface area contributed by atoms with Crippen molar-refractivity contribution in [2.45, 2.75) is 26.2 Å². The first kappa shape index (κ1) is 21.8. The third kappa shape index (κ3) is 5.58. The highest BCUT2D eigenvalue weighted by molar-refractivity contribution is 6.02. The van der Waals surface area contributed by atoms with E-state index in [0.717, 1.165) is 38.4 Å². The van der Waals surface area contributed by atoms with E-state index in [2.05, 4.69) is 20.4 Å². The molecular weight excluding hydrogens is 386 g/mol. The van der Waals surface area contributed by atoms with Gasteiger partial charge < -0.3 is 20.5 Å². The number of para-hydroxylation sites is 1. The Labute approximate surface area is 175 Å². The van der Waals surface area contributed by atoms with Crippen LogP contribution < -0.4 is 15.8 Å². The highest BCUT2D eigenvalue weighted by Crippen LogP contribution is 2.26. The fourth-order valence-electron chi connectivity index (χ4n) is 3.33. The molecule has 30 heavy (non-hydrogen) atoms. The number of nitrogens with two attached hydrogens (primary N) is 1. The van der Waals surface area contributed by atoms with E-state index in [1.54, 1.807) is 0 Å². The zero-order valence-electron chi connectivity index (χ0n) is 17.4. The normalized spacial score (nSPS) is 14.6. The summed E-state index contributed by atoms with van der Waals surface area (Å²) in [5, 5.41) is 9.53. The van der Waals surface area contributed by atoms with Crippen molar-refractivity contribution in [3.63, 3.8) is 0 Å². The van der Waals surface area contributed by atoms with Crippen LogP contribution in [0.25, 0.3) is 0 Å². The smallest absolute Gasteiger partial charge is 0.271 e. The van der Waals surface area contributed by atoms with Crippen LogP contribution in [0.2, 0.25) is 0 Å². The largest absolute Gasteiger partial charge is 0.492 e. The Bertz CT molecular complexity index is 874. The van der Waals surface area contributed by atoms with E-state index in [9.17, 15) is 9.59 Å². The molecule has 3 rings (SSSR count). The monoisotopic (exact) mass is 415 g/mol. The molecule has 1 saturated heterocycles. The number of nitrogens with one attached hydrogen (secondary N) is 2. The molecule has 0 unspecified atom stereocenters. The predicted molar refractivity (Wildman–Crippen MR) is 113 cm³/mol. The maximum absolute atomic E-state index is 12.7. The van der Waals surface area contributed by atoms with Gasteiger partial charge in [0.1, 0.15) is 12.4 Å². The van der Waals surface area contributed by atoms with Crippen LogP contribution in [0.1, 0.15) is 41.5 Å². The molecule has 0 saturated carbocycles. The number of aromatic nitrogens is 2. The molecule has 1 aliphatic heterocycles. The van der Waals surface area contributed by atoms with Crippen molar-refractivity contribution < 1.29 is 19.1 Å². The number of amides is 2.